The fourth-order valence-electron chi connectivity index (χ4n) is 6.42. The second kappa shape index (κ2) is 41.3. The molecule has 0 aliphatic carbocycles. The molecule has 0 fully saturated rings. The van der Waals surface area contributed by atoms with Crippen LogP contribution in [0.4, 0.5) is 0 Å². The van der Waals surface area contributed by atoms with Crippen LogP contribution < -0.4 is 5.32 Å². The summed E-state index contributed by atoms with van der Waals surface area (Å²) in [5.74, 6) is -0.185. The molecule has 0 aromatic carbocycles. The number of nitrogens with zero attached hydrogens (tertiary/aromatic N) is 1. The fraction of sp³-hybridized carbons (Fsp3) is 0.740. The molecule has 3 atom stereocenters. The maximum atomic E-state index is 12.8. The van der Waals surface area contributed by atoms with Gasteiger partial charge in [0.1, 0.15) is 13.2 Å². The van der Waals surface area contributed by atoms with Crippen LogP contribution in [0, 0.1) is 0 Å². The quantitative estimate of drug-likeness (QED) is 0.0245. The molecule has 0 saturated heterocycles. The number of unbranched alkanes of at least 4 members (excludes halogenated alkanes) is 19. The Labute approximate surface area is 364 Å². The number of nitrogens with one attached hydrogen (secondary N) is 1. The predicted molar refractivity (Wildman–Crippen MR) is 253 cm³/mol. The Morgan fingerprint density at radius 1 is 0.593 bits per heavy atom. The number of phosphoric ester groups is 1. The maximum Gasteiger partial charge on any atom is 0.472 e. The van der Waals surface area contributed by atoms with E-state index in [0.29, 0.717) is 17.4 Å². The zero-order valence-electron chi connectivity index (χ0n) is 38.7. The molecule has 0 aliphatic heterocycles. The van der Waals surface area contributed by atoms with E-state index in [1.165, 1.54) is 96.3 Å². The van der Waals surface area contributed by atoms with Crippen molar-refractivity contribution in [3.63, 3.8) is 0 Å². The van der Waals surface area contributed by atoms with Crippen LogP contribution in [0.15, 0.2) is 72.9 Å². The lowest BCUT2D eigenvalue weighted by molar-refractivity contribution is -0.870. The standard InChI is InChI=1S/C50H91N2O6P/c1-6-8-10-12-14-16-17-18-19-20-21-22-23-24-25-26-27-28-29-30-31-32-33-34-35-36-38-40-42-44-50(54)51-48(47-58-59(55,56)57-46-45-52(3,4)5)49(53)43-41-39-37-15-13-11-9-7-2/h8,10,14,16,18-19,21-22,24-25,41,43,48-49,53H,6-7,9,11-13,15,17,20,23,26-40,42,44-47H2,1-5H3,(H-,51,54,55,56)/p+1/b10-8-,16-14-,19-18-,22-21-,25-24-,43-41+. The topological polar surface area (TPSA) is 105 Å². The first-order chi connectivity index (χ1) is 28.5. The van der Waals surface area contributed by atoms with Crippen molar-refractivity contribution in [2.45, 2.75) is 199 Å². The summed E-state index contributed by atoms with van der Waals surface area (Å²) in [7, 11) is 1.56. The van der Waals surface area contributed by atoms with Crippen molar-refractivity contribution in [3.8, 4) is 0 Å². The molecule has 8 nitrogen and oxygen atoms in total. The number of amides is 1. The van der Waals surface area contributed by atoms with E-state index in [1.54, 1.807) is 6.08 Å². The van der Waals surface area contributed by atoms with Crippen LogP contribution in [0.2, 0.25) is 0 Å². The first-order valence-corrected chi connectivity index (χ1v) is 25.3. The molecular weight excluding hydrogens is 756 g/mol. The van der Waals surface area contributed by atoms with Crippen LogP contribution >= 0.6 is 7.82 Å². The van der Waals surface area contributed by atoms with Gasteiger partial charge in [-0.3, -0.25) is 13.8 Å². The minimum Gasteiger partial charge on any atom is -0.387 e. The average molecular weight is 848 g/mol. The second-order valence-electron chi connectivity index (χ2n) is 17.1. The van der Waals surface area contributed by atoms with Crippen LogP contribution in [-0.2, 0) is 18.4 Å². The van der Waals surface area contributed by atoms with Gasteiger partial charge in [-0.2, -0.15) is 0 Å². The molecule has 0 rings (SSSR count). The summed E-state index contributed by atoms with van der Waals surface area (Å²) in [6.45, 7) is 4.64. The monoisotopic (exact) mass is 848 g/mol. The van der Waals surface area contributed by atoms with Crippen molar-refractivity contribution in [1.29, 1.82) is 0 Å². The number of rotatable bonds is 42. The van der Waals surface area contributed by atoms with Crippen molar-refractivity contribution in [2.24, 2.45) is 0 Å². The van der Waals surface area contributed by atoms with Gasteiger partial charge in [-0.1, -0.05) is 189 Å². The van der Waals surface area contributed by atoms with Gasteiger partial charge in [-0.25, -0.2) is 4.57 Å². The van der Waals surface area contributed by atoms with Crippen LogP contribution in [0.5, 0.6) is 0 Å². The Hall–Kier alpha value is -2.06. The van der Waals surface area contributed by atoms with Crippen molar-refractivity contribution in [1.82, 2.24) is 5.32 Å². The summed E-state index contributed by atoms with van der Waals surface area (Å²) in [5.41, 5.74) is 0. The lowest BCUT2D eigenvalue weighted by Crippen LogP contribution is -2.45. The smallest absolute Gasteiger partial charge is 0.387 e. The SMILES string of the molecule is CC/C=C\C/C=C\C/C=C\C/C=C\C/C=C\CCCCCCCCCCCCCCCC(=O)NC(COP(=O)(O)OCC[N+](C)(C)C)C(O)/C=C/CCCCCCCC. The van der Waals surface area contributed by atoms with Gasteiger partial charge in [0.05, 0.1) is 39.9 Å². The predicted octanol–water partition coefficient (Wildman–Crippen LogP) is 13.6. The van der Waals surface area contributed by atoms with E-state index in [-0.39, 0.29) is 19.1 Å². The number of carbonyl (C=O) groups is 1. The number of hydrogen-bond donors (Lipinski definition) is 3. The molecule has 0 bridgehead atoms. The Morgan fingerprint density at radius 3 is 1.49 bits per heavy atom. The van der Waals surface area contributed by atoms with Crippen LogP contribution in [-0.4, -0.2) is 73.4 Å². The largest absolute Gasteiger partial charge is 0.472 e. The van der Waals surface area contributed by atoms with Gasteiger partial charge in [0.25, 0.3) is 0 Å². The van der Waals surface area contributed by atoms with Gasteiger partial charge in [-0.15, -0.1) is 0 Å². The van der Waals surface area contributed by atoms with Crippen LogP contribution in [0.3, 0.4) is 0 Å². The normalized spacial score (nSPS) is 14.9. The van der Waals surface area contributed by atoms with Crippen molar-refractivity contribution < 1.29 is 32.9 Å². The third-order valence-corrected chi connectivity index (χ3v) is 11.2. The molecule has 59 heavy (non-hydrogen) atoms. The lowest BCUT2D eigenvalue weighted by Gasteiger charge is -2.25. The average Bonchev–Trinajstić information content (AvgIpc) is 3.19. The van der Waals surface area contributed by atoms with Gasteiger partial charge >= 0.3 is 7.82 Å². The minimum atomic E-state index is -4.33. The molecule has 0 saturated carbocycles. The lowest BCUT2D eigenvalue weighted by atomic mass is 10.0. The van der Waals surface area contributed by atoms with Gasteiger partial charge in [0.2, 0.25) is 5.91 Å². The summed E-state index contributed by atoms with van der Waals surface area (Å²) < 4.78 is 23.5. The summed E-state index contributed by atoms with van der Waals surface area (Å²) in [6, 6.07) is -0.847. The number of aliphatic hydroxyl groups is 1. The van der Waals surface area contributed by atoms with E-state index < -0.39 is 20.0 Å². The highest BCUT2D eigenvalue weighted by Crippen LogP contribution is 2.43. The Kier molecular flexibility index (Phi) is 39.9. The number of phosphoric acid groups is 1. The van der Waals surface area contributed by atoms with Crippen LogP contribution in [0.1, 0.15) is 187 Å². The Balaban J connectivity index is 4.08. The summed E-state index contributed by atoms with van der Waals surface area (Å²) in [4.78, 5) is 23.1. The molecule has 3 N–H and O–H groups in total. The minimum absolute atomic E-state index is 0.0585. The molecule has 0 aromatic rings. The summed E-state index contributed by atoms with van der Waals surface area (Å²) in [5, 5.41) is 13.7. The number of aliphatic hydroxyl groups excluding tert-OH is 1. The fourth-order valence-corrected chi connectivity index (χ4v) is 7.16. The molecule has 9 heteroatoms. The zero-order valence-corrected chi connectivity index (χ0v) is 39.6. The highest BCUT2D eigenvalue weighted by atomic mass is 31.2. The second-order valence-corrected chi connectivity index (χ2v) is 18.6. The van der Waals surface area contributed by atoms with Gasteiger partial charge < -0.3 is 19.8 Å². The third kappa shape index (κ3) is 43.8. The van der Waals surface area contributed by atoms with Gasteiger partial charge in [-0.05, 0) is 64.2 Å². The van der Waals surface area contributed by atoms with Gasteiger partial charge in [0, 0.05) is 6.42 Å². The molecule has 0 aliphatic rings. The first-order valence-electron chi connectivity index (χ1n) is 23.8. The third-order valence-electron chi connectivity index (χ3n) is 10.2. The number of allylic oxidation sites excluding steroid dienone is 11. The number of carbonyl (C=O) groups excluding carboxylic acids is 1. The molecule has 3 unspecified atom stereocenters. The maximum absolute atomic E-state index is 12.8. The summed E-state index contributed by atoms with van der Waals surface area (Å²) >= 11 is 0. The molecular formula is C50H92N2O6P+. The molecule has 0 aromatic heterocycles. The van der Waals surface area contributed by atoms with Crippen molar-refractivity contribution >= 4 is 13.7 Å². The highest BCUT2D eigenvalue weighted by Gasteiger charge is 2.27. The number of hydrogen-bond acceptors (Lipinski definition) is 5. The van der Waals surface area contributed by atoms with E-state index in [1.807, 2.05) is 27.2 Å². The van der Waals surface area contributed by atoms with E-state index in [0.717, 1.165) is 70.6 Å². The first kappa shape index (κ1) is 56.9. The number of quaternary nitrogens is 1. The zero-order chi connectivity index (χ0) is 43.6. The Bertz CT molecular complexity index is 1190. The van der Waals surface area contributed by atoms with Crippen molar-refractivity contribution in [2.75, 3.05) is 40.9 Å². The molecule has 0 spiro atoms. The molecule has 342 valence electrons. The molecule has 0 radical (unpaired) electrons. The van der Waals surface area contributed by atoms with E-state index >= 15 is 0 Å². The van der Waals surface area contributed by atoms with E-state index in [2.05, 4.69) is 79.9 Å². The molecule has 1 amide bonds. The van der Waals surface area contributed by atoms with Gasteiger partial charge in [0.15, 0.2) is 0 Å². The van der Waals surface area contributed by atoms with E-state index in [9.17, 15) is 19.4 Å². The van der Waals surface area contributed by atoms with E-state index in [4.69, 9.17) is 9.05 Å². The van der Waals surface area contributed by atoms with Crippen LogP contribution in [0.25, 0.3) is 0 Å². The summed E-state index contributed by atoms with van der Waals surface area (Å²) in [6.07, 6.45) is 55.7. The molecule has 0 heterocycles. The number of likely N-dealkylation sites (N-methyl/N-ethyl adjacent to an activating group) is 1. The highest BCUT2D eigenvalue weighted by molar-refractivity contribution is 7.47. The van der Waals surface area contributed by atoms with Crippen molar-refractivity contribution in [3.05, 3.63) is 72.9 Å². The Morgan fingerprint density at radius 2 is 1.02 bits per heavy atom.